The lowest BCUT2D eigenvalue weighted by Gasteiger charge is -2.06. The number of rotatable bonds is 5. The van der Waals surface area contributed by atoms with Crippen molar-refractivity contribution in [2.45, 2.75) is 26.9 Å². The fourth-order valence-electron chi connectivity index (χ4n) is 1.26. The van der Waals surface area contributed by atoms with E-state index in [-0.39, 0.29) is 12.3 Å². The van der Waals surface area contributed by atoms with Crippen LogP contribution < -0.4 is 0 Å². The number of benzene rings is 1. The summed E-state index contributed by atoms with van der Waals surface area (Å²) < 4.78 is 5.04. The highest BCUT2D eigenvalue weighted by Gasteiger charge is 2.11. The minimum atomic E-state index is -0.546. The third-order valence-electron chi connectivity index (χ3n) is 2.41. The standard InChI is InChI=1S/C14H17NO2/c1-3-11(2)9-13(15)14(16)17-10-12-7-5-4-6-8-12/h3-8,15H,9-10H2,1-2H3. The highest BCUT2D eigenvalue weighted by atomic mass is 16.5. The van der Waals surface area contributed by atoms with Crippen molar-refractivity contribution < 1.29 is 9.53 Å². The van der Waals surface area contributed by atoms with E-state index in [9.17, 15) is 4.79 Å². The predicted octanol–water partition coefficient (Wildman–Crippen LogP) is 3.11. The Morgan fingerprint density at radius 1 is 1.35 bits per heavy atom. The molecule has 1 aromatic rings. The Bertz CT molecular complexity index is 421. The maximum Gasteiger partial charge on any atom is 0.352 e. The van der Waals surface area contributed by atoms with Crippen molar-refractivity contribution in [3.8, 4) is 0 Å². The van der Waals surface area contributed by atoms with Crippen molar-refractivity contribution in [1.82, 2.24) is 0 Å². The lowest BCUT2D eigenvalue weighted by Crippen LogP contribution is -2.16. The second kappa shape index (κ2) is 6.63. The summed E-state index contributed by atoms with van der Waals surface area (Å²) in [6.45, 7) is 3.99. The zero-order chi connectivity index (χ0) is 12.7. The number of nitrogens with one attached hydrogen (secondary N) is 1. The van der Waals surface area contributed by atoms with Gasteiger partial charge in [0, 0.05) is 6.42 Å². The van der Waals surface area contributed by atoms with Crippen LogP contribution in [-0.4, -0.2) is 11.7 Å². The van der Waals surface area contributed by atoms with Crippen LogP contribution in [0, 0.1) is 5.41 Å². The van der Waals surface area contributed by atoms with Gasteiger partial charge < -0.3 is 4.74 Å². The highest BCUT2D eigenvalue weighted by Crippen LogP contribution is 2.04. The summed E-state index contributed by atoms with van der Waals surface area (Å²) in [6.07, 6.45) is 2.24. The maximum atomic E-state index is 11.5. The number of carbonyl (C=O) groups is 1. The number of hydrogen-bond acceptors (Lipinski definition) is 3. The second-order valence-corrected chi connectivity index (χ2v) is 3.85. The zero-order valence-electron chi connectivity index (χ0n) is 10.2. The molecule has 0 atom stereocenters. The van der Waals surface area contributed by atoms with Crippen LogP contribution in [-0.2, 0) is 16.1 Å². The quantitative estimate of drug-likeness (QED) is 0.481. The third kappa shape index (κ3) is 4.64. The Balaban J connectivity index is 2.42. The molecule has 0 saturated carbocycles. The molecular weight excluding hydrogens is 214 g/mol. The van der Waals surface area contributed by atoms with E-state index in [0.717, 1.165) is 11.1 Å². The van der Waals surface area contributed by atoms with E-state index in [1.165, 1.54) is 0 Å². The van der Waals surface area contributed by atoms with Crippen molar-refractivity contribution in [2.24, 2.45) is 0 Å². The molecule has 3 nitrogen and oxygen atoms in total. The molecule has 0 spiro atoms. The molecular formula is C14H17NO2. The molecule has 0 radical (unpaired) electrons. The smallest absolute Gasteiger partial charge is 0.352 e. The molecule has 0 aliphatic carbocycles. The van der Waals surface area contributed by atoms with Gasteiger partial charge in [-0.2, -0.15) is 0 Å². The number of carbonyl (C=O) groups excluding carboxylic acids is 1. The van der Waals surface area contributed by atoms with Gasteiger partial charge in [-0.15, -0.1) is 0 Å². The van der Waals surface area contributed by atoms with E-state index < -0.39 is 5.97 Å². The Morgan fingerprint density at radius 2 is 2.00 bits per heavy atom. The molecule has 0 amide bonds. The van der Waals surface area contributed by atoms with Crippen molar-refractivity contribution >= 4 is 11.7 Å². The SMILES string of the molecule is CC=C(C)CC(=N)C(=O)OCc1ccccc1. The topological polar surface area (TPSA) is 50.2 Å². The first-order valence-electron chi connectivity index (χ1n) is 5.53. The van der Waals surface area contributed by atoms with Gasteiger partial charge in [0.05, 0.1) is 0 Å². The molecule has 0 aromatic heterocycles. The number of esters is 1. The molecule has 0 aliphatic rings. The normalized spacial score (nSPS) is 11.1. The minimum Gasteiger partial charge on any atom is -0.456 e. The van der Waals surface area contributed by atoms with Crippen molar-refractivity contribution in [1.29, 1.82) is 5.41 Å². The van der Waals surface area contributed by atoms with Crippen LogP contribution in [0.2, 0.25) is 0 Å². The lowest BCUT2D eigenvalue weighted by atomic mass is 10.1. The molecule has 3 heteroatoms. The molecule has 0 bridgehead atoms. The predicted molar refractivity (Wildman–Crippen MR) is 68.0 cm³/mol. The molecule has 0 fully saturated rings. The number of allylic oxidation sites excluding steroid dienone is 2. The minimum absolute atomic E-state index is 0.00321. The van der Waals surface area contributed by atoms with Gasteiger partial charge in [-0.25, -0.2) is 4.79 Å². The van der Waals surface area contributed by atoms with E-state index in [4.69, 9.17) is 10.1 Å². The van der Waals surface area contributed by atoms with Crippen LogP contribution in [0.5, 0.6) is 0 Å². The van der Waals surface area contributed by atoms with Crippen molar-refractivity contribution in [3.05, 3.63) is 47.5 Å². The monoisotopic (exact) mass is 231 g/mol. The summed E-state index contributed by atoms with van der Waals surface area (Å²) in [6, 6.07) is 9.45. The molecule has 0 saturated heterocycles. The largest absolute Gasteiger partial charge is 0.456 e. The Morgan fingerprint density at radius 3 is 2.59 bits per heavy atom. The molecule has 0 heterocycles. The Hall–Kier alpha value is -1.90. The highest BCUT2D eigenvalue weighted by molar-refractivity contribution is 6.35. The summed E-state index contributed by atoms with van der Waals surface area (Å²) in [5, 5.41) is 7.58. The average Bonchev–Trinajstić information content (AvgIpc) is 2.36. The van der Waals surface area contributed by atoms with Gasteiger partial charge in [-0.05, 0) is 19.4 Å². The number of ether oxygens (including phenoxy) is 1. The first-order valence-corrected chi connectivity index (χ1v) is 5.53. The molecule has 1 aromatic carbocycles. The fraction of sp³-hybridized carbons (Fsp3) is 0.286. The Labute approximate surface area is 102 Å². The molecule has 0 unspecified atom stereocenters. The molecule has 0 aliphatic heterocycles. The van der Waals surface area contributed by atoms with Crippen LogP contribution in [0.4, 0.5) is 0 Å². The van der Waals surface area contributed by atoms with Gasteiger partial charge in [-0.1, -0.05) is 42.0 Å². The van der Waals surface area contributed by atoms with Crippen LogP contribution in [0.15, 0.2) is 42.0 Å². The zero-order valence-corrected chi connectivity index (χ0v) is 10.2. The number of hydrogen-bond donors (Lipinski definition) is 1. The lowest BCUT2D eigenvalue weighted by molar-refractivity contribution is -0.136. The van der Waals surface area contributed by atoms with Gasteiger partial charge in [0.1, 0.15) is 12.3 Å². The van der Waals surface area contributed by atoms with Crippen molar-refractivity contribution in [2.75, 3.05) is 0 Å². The van der Waals surface area contributed by atoms with E-state index in [1.54, 1.807) is 0 Å². The summed E-state index contributed by atoms with van der Waals surface area (Å²) in [5.74, 6) is -0.546. The Kier molecular flexibility index (Phi) is 5.14. The summed E-state index contributed by atoms with van der Waals surface area (Å²) in [5.41, 5.74) is 1.92. The van der Waals surface area contributed by atoms with E-state index >= 15 is 0 Å². The van der Waals surface area contributed by atoms with E-state index in [1.807, 2.05) is 50.3 Å². The van der Waals surface area contributed by atoms with Crippen LogP contribution >= 0.6 is 0 Å². The first kappa shape index (κ1) is 13.2. The van der Waals surface area contributed by atoms with Crippen LogP contribution in [0.1, 0.15) is 25.8 Å². The average molecular weight is 231 g/mol. The summed E-state index contributed by atoms with van der Waals surface area (Å²) in [7, 11) is 0. The van der Waals surface area contributed by atoms with Crippen molar-refractivity contribution in [3.63, 3.8) is 0 Å². The van der Waals surface area contributed by atoms with Crippen LogP contribution in [0.25, 0.3) is 0 Å². The van der Waals surface area contributed by atoms with Gasteiger partial charge in [-0.3, -0.25) is 5.41 Å². The summed E-state index contributed by atoms with van der Waals surface area (Å²) in [4.78, 5) is 11.5. The van der Waals surface area contributed by atoms with E-state index in [0.29, 0.717) is 6.42 Å². The fourth-order valence-corrected chi connectivity index (χ4v) is 1.26. The molecule has 90 valence electrons. The van der Waals surface area contributed by atoms with Gasteiger partial charge in [0.15, 0.2) is 0 Å². The van der Waals surface area contributed by atoms with Crippen LogP contribution in [0.3, 0.4) is 0 Å². The first-order chi connectivity index (χ1) is 8.13. The molecule has 1 rings (SSSR count). The van der Waals surface area contributed by atoms with Gasteiger partial charge >= 0.3 is 5.97 Å². The van der Waals surface area contributed by atoms with E-state index in [2.05, 4.69) is 0 Å². The van der Waals surface area contributed by atoms with Gasteiger partial charge in [0.2, 0.25) is 0 Å². The molecule has 17 heavy (non-hydrogen) atoms. The maximum absolute atomic E-state index is 11.5. The summed E-state index contributed by atoms with van der Waals surface area (Å²) >= 11 is 0. The second-order valence-electron chi connectivity index (χ2n) is 3.85. The molecule has 1 N–H and O–H groups in total. The van der Waals surface area contributed by atoms with Gasteiger partial charge in [0.25, 0.3) is 0 Å². The third-order valence-corrected chi connectivity index (χ3v) is 2.41.